The summed E-state index contributed by atoms with van der Waals surface area (Å²) in [6.07, 6.45) is 54.7. The molecule has 0 saturated carbocycles. The largest absolute Gasteiger partial charge is 0.256 e. The van der Waals surface area contributed by atoms with Crippen molar-refractivity contribution in [2.75, 3.05) is 0 Å². The minimum atomic E-state index is 0.177. The molecule has 0 amide bonds. The van der Waals surface area contributed by atoms with E-state index < -0.39 is 0 Å². The number of pyridine rings is 1. The van der Waals surface area contributed by atoms with E-state index in [2.05, 4.69) is 128 Å². The van der Waals surface area contributed by atoms with E-state index >= 15 is 0 Å². The highest BCUT2D eigenvalue weighted by Crippen LogP contribution is 2.40. The SMILES string of the molecule is C1=CCC(c2nc(C3=CCCC=C3)nc(C3=CC=CC(C4C=CC(c5ncc(C6C=CCCC6)cc5C5C=CC=CC5)=CC4)C3)n2)C=C1. The molecular formula is C44H44N4. The lowest BCUT2D eigenvalue weighted by Gasteiger charge is -2.27. The predicted molar refractivity (Wildman–Crippen MR) is 198 cm³/mol. The third-order valence-electron chi connectivity index (χ3n) is 10.6. The average molecular weight is 629 g/mol. The summed E-state index contributed by atoms with van der Waals surface area (Å²) in [5.41, 5.74) is 7.40. The molecule has 2 aromatic rings. The Balaban J connectivity index is 1.02. The van der Waals surface area contributed by atoms with Gasteiger partial charge in [-0.2, -0.15) is 0 Å². The quantitative estimate of drug-likeness (QED) is 0.286. The van der Waals surface area contributed by atoms with E-state index in [0.717, 1.165) is 67.3 Å². The van der Waals surface area contributed by atoms with E-state index in [-0.39, 0.29) is 5.92 Å². The summed E-state index contributed by atoms with van der Waals surface area (Å²) in [6.45, 7) is 0. The van der Waals surface area contributed by atoms with Gasteiger partial charge in [0.25, 0.3) is 0 Å². The van der Waals surface area contributed by atoms with E-state index in [1.165, 1.54) is 41.5 Å². The summed E-state index contributed by atoms with van der Waals surface area (Å²) in [6, 6.07) is 2.45. The van der Waals surface area contributed by atoms with Crippen LogP contribution in [-0.2, 0) is 0 Å². The number of hydrogen-bond donors (Lipinski definition) is 0. The van der Waals surface area contributed by atoms with Crippen LogP contribution in [0.1, 0.15) is 110 Å². The number of nitrogens with zero attached hydrogens (tertiary/aromatic N) is 4. The zero-order valence-corrected chi connectivity index (χ0v) is 27.7. The molecule has 4 nitrogen and oxygen atoms in total. The molecule has 48 heavy (non-hydrogen) atoms. The van der Waals surface area contributed by atoms with E-state index in [0.29, 0.717) is 23.7 Å². The standard InChI is InChI=1S/C44H44N4/c1-5-14-31(15-6-1)39-29-40(33-16-7-2-8-17-33)41(45-30-39)34-26-24-32(25-27-34)37-22-13-23-38(28-37)44-47-42(35-18-9-3-10-19-35)46-43(48-44)36-20-11-4-12-21-36/h2-3,5,7-11,13-14,16,18,20-24,26-27,29-33,35,37H,1,4,6,12,15,17,19,25,28H2. The van der Waals surface area contributed by atoms with Crippen LogP contribution in [0.2, 0.25) is 0 Å². The minimum absolute atomic E-state index is 0.177. The van der Waals surface area contributed by atoms with Crippen molar-refractivity contribution >= 4 is 16.7 Å². The summed E-state index contributed by atoms with van der Waals surface area (Å²) in [4.78, 5) is 20.3. The molecule has 0 N–H and O–H groups in total. The Kier molecular flexibility index (Phi) is 9.05. The second-order valence-corrected chi connectivity index (χ2v) is 13.8. The molecule has 240 valence electrons. The van der Waals surface area contributed by atoms with Crippen molar-refractivity contribution in [3.63, 3.8) is 0 Å². The molecule has 2 aromatic heterocycles. The molecule has 0 bridgehead atoms. The molecular weight excluding hydrogens is 585 g/mol. The van der Waals surface area contributed by atoms with Gasteiger partial charge in [0.15, 0.2) is 11.6 Å². The van der Waals surface area contributed by atoms with Gasteiger partial charge in [0.05, 0.1) is 5.69 Å². The van der Waals surface area contributed by atoms with Crippen LogP contribution in [0.3, 0.4) is 0 Å². The minimum Gasteiger partial charge on any atom is -0.256 e. The molecule has 4 heteroatoms. The molecule has 0 fully saturated rings. The summed E-state index contributed by atoms with van der Waals surface area (Å²) in [5.74, 6) is 4.29. The van der Waals surface area contributed by atoms with Gasteiger partial charge >= 0.3 is 0 Å². The maximum atomic E-state index is 5.16. The Morgan fingerprint density at radius 2 is 1.48 bits per heavy atom. The first kappa shape index (κ1) is 30.6. The van der Waals surface area contributed by atoms with Gasteiger partial charge in [-0.05, 0) is 91.9 Å². The molecule has 0 aromatic carbocycles. The van der Waals surface area contributed by atoms with Crippen LogP contribution in [0.15, 0.2) is 128 Å². The topological polar surface area (TPSA) is 51.6 Å². The highest BCUT2D eigenvalue weighted by molar-refractivity contribution is 5.76. The number of hydrogen-bond acceptors (Lipinski definition) is 4. The lowest BCUT2D eigenvalue weighted by atomic mass is 9.78. The monoisotopic (exact) mass is 628 g/mol. The molecule has 0 aliphatic heterocycles. The van der Waals surface area contributed by atoms with Crippen molar-refractivity contribution in [1.82, 2.24) is 19.9 Å². The lowest BCUT2D eigenvalue weighted by Crippen LogP contribution is -2.17. The van der Waals surface area contributed by atoms with Crippen LogP contribution in [0, 0.1) is 11.8 Å². The zero-order chi connectivity index (χ0) is 32.1. The second kappa shape index (κ2) is 14.2. The molecule has 2 heterocycles. The van der Waals surface area contributed by atoms with Crippen LogP contribution < -0.4 is 0 Å². The summed E-state index contributed by atoms with van der Waals surface area (Å²) in [5, 5.41) is 0. The third-order valence-corrected chi connectivity index (χ3v) is 10.6. The molecule has 0 spiro atoms. The summed E-state index contributed by atoms with van der Waals surface area (Å²) in [7, 11) is 0. The van der Waals surface area contributed by atoms with Gasteiger partial charge in [-0.15, -0.1) is 0 Å². The number of rotatable bonds is 7. The van der Waals surface area contributed by atoms with Crippen LogP contribution in [-0.4, -0.2) is 19.9 Å². The highest BCUT2D eigenvalue weighted by atomic mass is 15.0. The molecule has 6 aliphatic carbocycles. The van der Waals surface area contributed by atoms with Gasteiger partial charge in [0.2, 0.25) is 0 Å². The first-order valence-electron chi connectivity index (χ1n) is 18.0. The Morgan fingerprint density at radius 3 is 2.23 bits per heavy atom. The predicted octanol–water partition coefficient (Wildman–Crippen LogP) is 10.6. The summed E-state index contributed by atoms with van der Waals surface area (Å²) < 4.78 is 0. The lowest BCUT2D eigenvalue weighted by molar-refractivity contribution is 0.482. The molecule has 0 saturated heterocycles. The van der Waals surface area contributed by atoms with E-state index in [9.17, 15) is 0 Å². The van der Waals surface area contributed by atoms with Crippen molar-refractivity contribution in [2.24, 2.45) is 11.8 Å². The Labute approximate surface area is 285 Å². The smallest absolute Gasteiger partial charge is 0.163 e. The number of aromatic nitrogens is 4. The van der Waals surface area contributed by atoms with Crippen molar-refractivity contribution < 1.29 is 0 Å². The van der Waals surface area contributed by atoms with Gasteiger partial charge in [-0.1, -0.05) is 122 Å². The Morgan fingerprint density at radius 1 is 0.604 bits per heavy atom. The molecule has 5 atom stereocenters. The Bertz CT molecular complexity index is 1890. The number of allylic oxidation sites excluding steroid dienone is 22. The van der Waals surface area contributed by atoms with Gasteiger partial charge in [0.1, 0.15) is 5.82 Å². The van der Waals surface area contributed by atoms with Crippen LogP contribution in [0.25, 0.3) is 16.7 Å². The van der Waals surface area contributed by atoms with E-state index in [1.54, 1.807) is 0 Å². The van der Waals surface area contributed by atoms with Gasteiger partial charge in [-0.25, -0.2) is 15.0 Å². The zero-order valence-electron chi connectivity index (χ0n) is 27.7. The Hall–Kier alpha value is -4.70. The van der Waals surface area contributed by atoms with Crippen LogP contribution in [0.5, 0.6) is 0 Å². The molecule has 8 rings (SSSR count). The third kappa shape index (κ3) is 6.67. The molecule has 0 radical (unpaired) electrons. The fourth-order valence-electron chi connectivity index (χ4n) is 7.80. The van der Waals surface area contributed by atoms with Gasteiger partial charge < -0.3 is 0 Å². The average Bonchev–Trinajstić information content (AvgIpc) is 3.19. The maximum Gasteiger partial charge on any atom is 0.163 e. The van der Waals surface area contributed by atoms with E-state index in [1.807, 2.05) is 0 Å². The van der Waals surface area contributed by atoms with Crippen LogP contribution in [0.4, 0.5) is 0 Å². The van der Waals surface area contributed by atoms with Crippen molar-refractivity contribution in [3.8, 4) is 0 Å². The first-order valence-corrected chi connectivity index (χ1v) is 18.0. The molecule has 6 aliphatic rings. The first-order chi connectivity index (χ1) is 23.8. The van der Waals surface area contributed by atoms with Gasteiger partial charge in [-0.3, -0.25) is 4.98 Å². The highest BCUT2D eigenvalue weighted by Gasteiger charge is 2.27. The fraction of sp³-hybridized carbons (Fsp3) is 0.318. The summed E-state index contributed by atoms with van der Waals surface area (Å²) >= 11 is 0. The van der Waals surface area contributed by atoms with Crippen LogP contribution >= 0.6 is 0 Å². The molecule has 5 unspecified atom stereocenters. The van der Waals surface area contributed by atoms with Crippen molar-refractivity contribution in [3.05, 3.63) is 162 Å². The van der Waals surface area contributed by atoms with Crippen molar-refractivity contribution in [2.45, 2.75) is 75.5 Å². The van der Waals surface area contributed by atoms with E-state index in [4.69, 9.17) is 19.9 Å². The fourth-order valence-corrected chi connectivity index (χ4v) is 7.80. The maximum absolute atomic E-state index is 5.16. The van der Waals surface area contributed by atoms with Gasteiger partial charge in [0, 0.05) is 29.5 Å². The van der Waals surface area contributed by atoms with Crippen molar-refractivity contribution in [1.29, 1.82) is 0 Å². The second-order valence-electron chi connectivity index (χ2n) is 13.8. The normalized spacial score (nSPS) is 27.6.